The molecule has 0 aromatic rings. The van der Waals surface area contributed by atoms with E-state index in [4.69, 9.17) is 0 Å². The van der Waals surface area contributed by atoms with Crippen molar-refractivity contribution in [1.82, 2.24) is 15.5 Å². The van der Waals surface area contributed by atoms with Gasteiger partial charge in [-0.05, 0) is 44.9 Å². The Morgan fingerprint density at radius 2 is 1.85 bits per heavy atom. The van der Waals surface area contributed by atoms with Crippen molar-refractivity contribution in [2.24, 2.45) is 11.8 Å². The largest absolute Gasteiger partial charge is 0.352 e. The molecule has 1 saturated heterocycles. The molecule has 1 aliphatic carbocycles. The lowest BCUT2D eigenvalue weighted by atomic mass is 9.79. The van der Waals surface area contributed by atoms with Crippen LogP contribution < -0.4 is 10.6 Å². The third-order valence-corrected chi connectivity index (χ3v) is 5.21. The van der Waals surface area contributed by atoms with Crippen LogP contribution in [0, 0.1) is 11.8 Å². The van der Waals surface area contributed by atoms with Gasteiger partial charge in [0.15, 0.2) is 0 Å². The Balaban J connectivity index is 1.92. The Morgan fingerprint density at radius 1 is 1.20 bits per heavy atom. The molecule has 1 amide bonds. The van der Waals surface area contributed by atoms with Crippen molar-refractivity contribution in [3.8, 4) is 0 Å². The summed E-state index contributed by atoms with van der Waals surface area (Å²) in [5.74, 6) is 1.60. The lowest BCUT2D eigenvalue weighted by molar-refractivity contribution is -0.133. The highest BCUT2D eigenvalue weighted by Crippen LogP contribution is 2.29. The van der Waals surface area contributed by atoms with Crippen molar-refractivity contribution in [2.45, 2.75) is 58.5 Å². The second kappa shape index (κ2) is 6.44. The van der Waals surface area contributed by atoms with Gasteiger partial charge in [0.1, 0.15) is 0 Å². The number of hydrogen-bond acceptors (Lipinski definition) is 3. The molecule has 2 N–H and O–H groups in total. The third-order valence-electron chi connectivity index (χ3n) is 5.21. The van der Waals surface area contributed by atoms with Crippen LogP contribution >= 0.6 is 0 Å². The fourth-order valence-electron chi connectivity index (χ4n) is 3.59. The zero-order valence-corrected chi connectivity index (χ0v) is 13.5. The second-order valence-electron chi connectivity index (χ2n) is 7.27. The molecule has 0 aromatic carbocycles. The van der Waals surface area contributed by atoms with Crippen molar-refractivity contribution in [2.75, 3.05) is 26.2 Å². The summed E-state index contributed by atoms with van der Waals surface area (Å²) >= 11 is 0. The summed E-state index contributed by atoms with van der Waals surface area (Å²) in [5.41, 5.74) is -0.398. The van der Waals surface area contributed by atoms with E-state index in [1.807, 2.05) is 0 Å². The Labute approximate surface area is 123 Å². The van der Waals surface area contributed by atoms with E-state index in [9.17, 15) is 4.79 Å². The smallest absolute Gasteiger partial charge is 0.240 e. The predicted molar refractivity (Wildman–Crippen MR) is 82.6 cm³/mol. The standard InChI is InChI=1S/C16H31N3O/c1-12-5-6-14(13(2)11-12)18-15(20)16(3,4)19-9-7-17-8-10-19/h12-14,17H,5-11H2,1-4H3,(H,18,20). The number of amides is 1. The molecule has 0 bridgehead atoms. The van der Waals surface area contributed by atoms with E-state index < -0.39 is 5.54 Å². The molecule has 20 heavy (non-hydrogen) atoms. The van der Waals surface area contributed by atoms with Crippen LogP contribution in [0.5, 0.6) is 0 Å². The first-order valence-electron chi connectivity index (χ1n) is 8.18. The summed E-state index contributed by atoms with van der Waals surface area (Å²) in [6.07, 6.45) is 3.61. The van der Waals surface area contributed by atoms with Crippen LogP contribution in [-0.4, -0.2) is 48.6 Å². The molecule has 4 nitrogen and oxygen atoms in total. The molecule has 2 rings (SSSR count). The van der Waals surface area contributed by atoms with E-state index in [0.717, 1.165) is 38.5 Å². The van der Waals surface area contributed by atoms with Crippen LogP contribution in [0.15, 0.2) is 0 Å². The Kier molecular flexibility index (Phi) is 5.08. The van der Waals surface area contributed by atoms with Crippen LogP contribution in [-0.2, 0) is 4.79 Å². The van der Waals surface area contributed by atoms with E-state index in [0.29, 0.717) is 12.0 Å². The average molecular weight is 281 g/mol. The fraction of sp³-hybridized carbons (Fsp3) is 0.938. The number of carbonyl (C=O) groups excluding carboxylic acids is 1. The highest BCUT2D eigenvalue weighted by atomic mass is 16.2. The van der Waals surface area contributed by atoms with Crippen LogP contribution in [0.2, 0.25) is 0 Å². The van der Waals surface area contributed by atoms with E-state index >= 15 is 0 Å². The maximum absolute atomic E-state index is 12.7. The maximum Gasteiger partial charge on any atom is 0.240 e. The van der Waals surface area contributed by atoms with Gasteiger partial charge in [0.05, 0.1) is 5.54 Å². The average Bonchev–Trinajstić information content (AvgIpc) is 2.42. The molecule has 0 radical (unpaired) electrons. The molecule has 116 valence electrons. The van der Waals surface area contributed by atoms with Gasteiger partial charge < -0.3 is 10.6 Å². The molecule has 1 aliphatic heterocycles. The van der Waals surface area contributed by atoms with Crippen LogP contribution in [0.3, 0.4) is 0 Å². The van der Waals surface area contributed by atoms with Gasteiger partial charge in [0.2, 0.25) is 5.91 Å². The summed E-state index contributed by atoms with van der Waals surface area (Å²) in [6, 6.07) is 0.362. The zero-order chi connectivity index (χ0) is 14.8. The van der Waals surface area contributed by atoms with Gasteiger partial charge >= 0.3 is 0 Å². The first kappa shape index (κ1) is 15.8. The normalized spacial score (nSPS) is 32.9. The van der Waals surface area contributed by atoms with Crippen molar-refractivity contribution >= 4 is 5.91 Å². The van der Waals surface area contributed by atoms with Gasteiger partial charge in [-0.3, -0.25) is 9.69 Å². The summed E-state index contributed by atoms with van der Waals surface area (Å²) < 4.78 is 0. The fourth-order valence-corrected chi connectivity index (χ4v) is 3.59. The number of nitrogens with one attached hydrogen (secondary N) is 2. The Hall–Kier alpha value is -0.610. The topological polar surface area (TPSA) is 44.4 Å². The highest BCUT2D eigenvalue weighted by molar-refractivity contribution is 5.85. The lowest BCUT2D eigenvalue weighted by Crippen LogP contribution is -2.61. The molecule has 2 aliphatic rings. The molecule has 3 unspecified atom stereocenters. The van der Waals surface area contributed by atoms with Gasteiger partial charge in [-0.15, -0.1) is 0 Å². The van der Waals surface area contributed by atoms with Crippen molar-refractivity contribution in [1.29, 1.82) is 0 Å². The quantitative estimate of drug-likeness (QED) is 0.826. The van der Waals surface area contributed by atoms with Gasteiger partial charge in [0, 0.05) is 32.2 Å². The number of rotatable bonds is 3. The summed E-state index contributed by atoms with van der Waals surface area (Å²) in [7, 11) is 0. The second-order valence-corrected chi connectivity index (χ2v) is 7.27. The molecule has 4 heteroatoms. The molecule has 3 atom stereocenters. The van der Waals surface area contributed by atoms with E-state index in [1.54, 1.807) is 0 Å². The molecule has 0 aromatic heterocycles. The molecule has 0 spiro atoms. The molecule has 2 fully saturated rings. The van der Waals surface area contributed by atoms with E-state index in [2.05, 4.69) is 43.2 Å². The summed E-state index contributed by atoms with van der Waals surface area (Å²) in [4.78, 5) is 15.0. The minimum Gasteiger partial charge on any atom is -0.352 e. The first-order chi connectivity index (χ1) is 9.41. The minimum absolute atomic E-state index is 0.200. The number of piperazine rings is 1. The first-order valence-corrected chi connectivity index (χ1v) is 8.18. The SMILES string of the molecule is CC1CCC(NC(=O)C(C)(C)N2CCNCC2)C(C)C1. The lowest BCUT2D eigenvalue weighted by Gasteiger charge is -2.42. The van der Waals surface area contributed by atoms with E-state index in [-0.39, 0.29) is 5.91 Å². The summed E-state index contributed by atoms with van der Waals surface area (Å²) in [5, 5.41) is 6.67. The molecular formula is C16H31N3O. The van der Waals surface area contributed by atoms with Gasteiger partial charge in [-0.2, -0.15) is 0 Å². The Morgan fingerprint density at radius 3 is 2.45 bits per heavy atom. The zero-order valence-electron chi connectivity index (χ0n) is 13.5. The highest BCUT2D eigenvalue weighted by Gasteiger charge is 2.37. The van der Waals surface area contributed by atoms with Crippen LogP contribution in [0.1, 0.15) is 47.0 Å². The van der Waals surface area contributed by atoms with Gasteiger partial charge in [0.25, 0.3) is 0 Å². The molecule has 1 heterocycles. The van der Waals surface area contributed by atoms with Crippen molar-refractivity contribution < 1.29 is 4.79 Å². The van der Waals surface area contributed by atoms with Gasteiger partial charge in [-0.25, -0.2) is 0 Å². The number of nitrogens with zero attached hydrogens (tertiary/aromatic N) is 1. The summed E-state index contributed by atoms with van der Waals surface area (Å²) in [6.45, 7) is 12.6. The van der Waals surface area contributed by atoms with E-state index in [1.165, 1.54) is 12.8 Å². The van der Waals surface area contributed by atoms with Crippen LogP contribution in [0.25, 0.3) is 0 Å². The Bertz CT molecular complexity index is 337. The predicted octanol–water partition coefficient (Wildman–Crippen LogP) is 1.61. The molecule has 1 saturated carbocycles. The third kappa shape index (κ3) is 3.53. The van der Waals surface area contributed by atoms with Crippen molar-refractivity contribution in [3.05, 3.63) is 0 Å². The van der Waals surface area contributed by atoms with Crippen LogP contribution in [0.4, 0.5) is 0 Å². The van der Waals surface area contributed by atoms with Crippen molar-refractivity contribution in [3.63, 3.8) is 0 Å². The number of hydrogen-bond donors (Lipinski definition) is 2. The number of carbonyl (C=O) groups is 1. The minimum atomic E-state index is -0.398. The maximum atomic E-state index is 12.7. The van der Waals surface area contributed by atoms with Gasteiger partial charge in [-0.1, -0.05) is 13.8 Å². The monoisotopic (exact) mass is 281 g/mol. The molecular weight excluding hydrogens is 250 g/mol.